The lowest BCUT2D eigenvalue weighted by atomic mass is 9.97. The highest BCUT2D eigenvalue weighted by Gasteiger charge is 2.32. The summed E-state index contributed by atoms with van der Waals surface area (Å²) in [5, 5.41) is 13.8. The molecule has 0 heterocycles. The molecule has 39 heavy (non-hydrogen) atoms. The maximum absolute atomic E-state index is 12.9. The van der Waals surface area contributed by atoms with E-state index < -0.39 is 36.0 Å². The number of nitrogens with one attached hydrogen (secondary N) is 1. The standard InChI is InChI=1S/C29H23F6NO3/c30-28(31,32)22-14-12-19(13-15-22)26(37)18-36-27(21-7-5-11-25(17-21)39-29(33,34)35)20-6-4-10-24(16-20)38-23-8-2-1-3-9-23/h1-17,26-27,36-37H,18H2. The molecule has 204 valence electrons. The van der Waals surface area contributed by atoms with Crippen LogP contribution in [0, 0.1) is 0 Å². The lowest BCUT2D eigenvalue weighted by Crippen LogP contribution is -2.27. The molecule has 0 aliphatic heterocycles. The van der Waals surface area contributed by atoms with Crippen molar-refractivity contribution in [2.45, 2.75) is 24.7 Å². The van der Waals surface area contributed by atoms with E-state index in [0.29, 0.717) is 22.6 Å². The average Bonchev–Trinajstić information content (AvgIpc) is 2.88. The van der Waals surface area contributed by atoms with Crippen molar-refractivity contribution in [3.05, 3.63) is 125 Å². The zero-order valence-electron chi connectivity index (χ0n) is 20.2. The van der Waals surface area contributed by atoms with Crippen LogP contribution in [0.5, 0.6) is 17.2 Å². The van der Waals surface area contributed by atoms with Crippen molar-refractivity contribution in [2.24, 2.45) is 0 Å². The van der Waals surface area contributed by atoms with Crippen LogP contribution in [0.1, 0.15) is 34.4 Å². The van der Waals surface area contributed by atoms with Gasteiger partial charge >= 0.3 is 12.5 Å². The van der Waals surface area contributed by atoms with Crippen LogP contribution in [0.4, 0.5) is 26.3 Å². The molecular formula is C29H23F6NO3. The Bertz CT molecular complexity index is 1360. The van der Waals surface area contributed by atoms with E-state index in [-0.39, 0.29) is 12.1 Å². The van der Waals surface area contributed by atoms with Crippen LogP contribution in [0.25, 0.3) is 0 Å². The van der Waals surface area contributed by atoms with Gasteiger partial charge in [-0.3, -0.25) is 0 Å². The van der Waals surface area contributed by atoms with Crippen molar-refractivity contribution in [3.63, 3.8) is 0 Å². The molecule has 0 saturated carbocycles. The lowest BCUT2D eigenvalue weighted by molar-refractivity contribution is -0.274. The maximum atomic E-state index is 12.9. The van der Waals surface area contributed by atoms with E-state index in [9.17, 15) is 31.4 Å². The highest BCUT2D eigenvalue weighted by Crippen LogP contribution is 2.33. The van der Waals surface area contributed by atoms with E-state index in [1.54, 1.807) is 54.6 Å². The van der Waals surface area contributed by atoms with Gasteiger partial charge in [-0.15, -0.1) is 13.2 Å². The van der Waals surface area contributed by atoms with Crippen LogP contribution in [0.2, 0.25) is 0 Å². The van der Waals surface area contributed by atoms with Crippen molar-refractivity contribution in [3.8, 4) is 17.2 Å². The maximum Gasteiger partial charge on any atom is 0.573 e. The van der Waals surface area contributed by atoms with Crippen molar-refractivity contribution in [1.82, 2.24) is 5.32 Å². The molecule has 2 N–H and O–H groups in total. The first-order valence-corrected chi connectivity index (χ1v) is 11.7. The SMILES string of the molecule is OC(CNC(c1cccc(Oc2ccccc2)c1)c1cccc(OC(F)(F)F)c1)c1ccc(C(F)(F)F)cc1. The molecule has 2 atom stereocenters. The Hall–Kier alpha value is -4.02. The number of para-hydroxylation sites is 1. The first kappa shape index (κ1) is 28.0. The summed E-state index contributed by atoms with van der Waals surface area (Å²) in [6.45, 7) is -0.121. The number of hydrogen-bond acceptors (Lipinski definition) is 4. The summed E-state index contributed by atoms with van der Waals surface area (Å²) in [6, 6.07) is 24.6. The number of ether oxygens (including phenoxy) is 2. The third-order valence-electron chi connectivity index (χ3n) is 5.73. The molecule has 0 amide bonds. The summed E-state index contributed by atoms with van der Waals surface area (Å²) in [5.74, 6) is 0.626. The second-order valence-electron chi connectivity index (χ2n) is 8.58. The van der Waals surface area contributed by atoms with Gasteiger partial charge in [0.05, 0.1) is 17.7 Å². The largest absolute Gasteiger partial charge is 0.573 e. The fourth-order valence-corrected chi connectivity index (χ4v) is 3.94. The van der Waals surface area contributed by atoms with Crippen molar-refractivity contribution in [2.75, 3.05) is 6.54 Å². The second-order valence-corrected chi connectivity index (χ2v) is 8.58. The highest BCUT2D eigenvalue weighted by atomic mass is 19.4. The van der Waals surface area contributed by atoms with E-state index in [1.165, 1.54) is 30.3 Å². The summed E-state index contributed by atoms with van der Waals surface area (Å²) in [5.41, 5.74) is 0.394. The molecule has 0 aliphatic rings. The summed E-state index contributed by atoms with van der Waals surface area (Å²) >= 11 is 0. The minimum absolute atomic E-state index is 0.121. The third-order valence-corrected chi connectivity index (χ3v) is 5.73. The van der Waals surface area contributed by atoms with E-state index in [1.807, 2.05) is 6.07 Å². The van der Waals surface area contributed by atoms with E-state index in [2.05, 4.69) is 10.1 Å². The predicted molar refractivity (Wildman–Crippen MR) is 132 cm³/mol. The minimum atomic E-state index is -4.89. The second kappa shape index (κ2) is 11.8. The first-order valence-electron chi connectivity index (χ1n) is 11.7. The molecular weight excluding hydrogens is 524 g/mol. The van der Waals surface area contributed by atoms with Gasteiger partial charge < -0.3 is 19.9 Å². The molecule has 10 heteroatoms. The minimum Gasteiger partial charge on any atom is -0.457 e. The van der Waals surface area contributed by atoms with Crippen molar-refractivity contribution in [1.29, 1.82) is 0 Å². The van der Waals surface area contributed by atoms with Gasteiger partial charge in [-0.1, -0.05) is 54.6 Å². The van der Waals surface area contributed by atoms with E-state index >= 15 is 0 Å². The van der Waals surface area contributed by atoms with Crippen LogP contribution in [-0.2, 0) is 6.18 Å². The zero-order chi connectivity index (χ0) is 28.0. The topological polar surface area (TPSA) is 50.7 Å². The van der Waals surface area contributed by atoms with Gasteiger partial charge in [0.25, 0.3) is 0 Å². The van der Waals surface area contributed by atoms with Crippen molar-refractivity contribution < 1.29 is 40.9 Å². The first-order chi connectivity index (χ1) is 18.5. The molecule has 0 radical (unpaired) electrons. The summed E-state index contributed by atoms with van der Waals surface area (Å²) in [7, 11) is 0. The molecule has 4 nitrogen and oxygen atoms in total. The monoisotopic (exact) mass is 547 g/mol. The normalized spacial score (nSPS) is 13.5. The van der Waals surface area contributed by atoms with E-state index in [0.717, 1.165) is 12.1 Å². The average molecular weight is 547 g/mol. The molecule has 2 unspecified atom stereocenters. The van der Waals surface area contributed by atoms with Crippen molar-refractivity contribution >= 4 is 0 Å². The van der Waals surface area contributed by atoms with Crippen LogP contribution in [0.3, 0.4) is 0 Å². The highest BCUT2D eigenvalue weighted by molar-refractivity contribution is 5.41. The molecule has 4 rings (SSSR count). The molecule has 0 saturated heterocycles. The van der Waals surface area contributed by atoms with Crippen LogP contribution >= 0.6 is 0 Å². The fraction of sp³-hybridized carbons (Fsp3) is 0.172. The Morgan fingerprint density at radius 1 is 0.641 bits per heavy atom. The molecule has 4 aromatic rings. The smallest absolute Gasteiger partial charge is 0.457 e. The number of hydrogen-bond donors (Lipinski definition) is 2. The summed E-state index contributed by atoms with van der Waals surface area (Å²) in [6.07, 6.45) is -10.6. The molecule has 0 spiro atoms. The Morgan fingerprint density at radius 3 is 1.79 bits per heavy atom. The number of aliphatic hydroxyl groups is 1. The van der Waals surface area contributed by atoms with Gasteiger partial charge in [-0.25, -0.2) is 0 Å². The Balaban J connectivity index is 1.60. The van der Waals surface area contributed by atoms with Gasteiger partial charge in [0.2, 0.25) is 0 Å². The van der Waals surface area contributed by atoms with Gasteiger partial charge in [-0.2, -0.15) is 13.2 Å². The quantitative estimate of drug-likeness (QED) is 0.210. The fourth-order valence-electron chi connectivity index (χ4n) is 3.94. The summed E-state index contributed by atoms with van der Waals surface area (Å²) < 4.78 is 87.2. The Labute approximate surface area is 220 Å². The lowest BCUT2D eigenvalue weighted by Gasteiger charge is -2.23. The Morgan fingerprint density at radius 2 is 1.21 bits per heavy atom. The van der Waals surface area contributed by atoms with Crippen LogP contribution < -0.4 is 14.8 Å². The number of alkyl halides is 6. The number of halogens is 6. The van der Waals surface area contributed by atoms with E-state index in [4.69, 9.17) is 4.74 Å². The number of benzene rings is 4. The molecule has 0 aliphatic carbocycles. The zero-order valence-corrected chi connectivity index (χ0v) is 20.2. The molecule has 0 bridgehead atoms. The third kappa shape index (κ3) is 7.98. The van der Waals surface area contributed by atoms with Gasteiger partial charge in [0.1, 0.15) is 17.2 Å². The van der Waals surface area contributed by atoms with Gasteiger partial charge in [0.15, 0.2) is 0 Å². The Kier molecular flexibility index (Phi) is 8.47. The van der Waals surface area contributed by atoms with Gasteiger partial charge in [0, 0.05) is 6.54 Å². The molecule has 0 aromatic heterocycles. The molecule has 0 fully saturated rings. The summed E-state index contributed by atoms with van der Waals surface area (Å²) in [4.78, 5) is 0. The number of rotatable bonds is 9. The van der Waals surface area contributed by atoms with Crippen LogP contribution in [0.15, 0.2) is 103 Å². The van der Waals surface area contributed by atoms with Crippen LogP contribution in [-0.4, -0.2) is 18.0 Å². The number of aliphatic hydroxyl groups excluding tert-OH is 1. The predicted octanol–water partition coefficient (Wildman–Crippen LogP) is 7.81. The van der Waals surface area contributed by atoms with Gasteiger partial charge in [-0.05, 0) is 65.2 Å². The molecule has 4 aromatic carbocycles.